The van der Waals surface area contributed by atoms with Crippen molar-refractivity contribution in [3.63, 3.8) is 0 Å². The summed E-state index contributed by atoms with van der Waals surface area (Å²) in [5.41, 5.74) is 0.987. The molecule has 1 aromatic rings. The molecule has 0 saturated carbocycles. The highest BCUT2D eigenvalue weighted by Gasteiger charge is 2.28. The standard InChI is InChI=1S/C13H18F3N3O2/c14-13(15,16)9-21-7-4-12(20)19-6-1-2-10(8-19)11-3-5-17-18-11/h3,5,10H,1-2,4,6-9H2,(H,17,18)/t10-/m0/s1. The van der Waals surface area contributed by atoms with Crippen LogP contribution in [0.2, 0.25) is 0 Å². The van der Waals surface area contributed by atoms with E-state index in [0.717, 1.165) is 18.5 Å². The van der Waals surface area contributed by atoms with Crippen LogP contribution in [0, 0.1) is 0 Å². The van der Waals surface area contributed by atoms with Gasteiger partial charge in [-0.1, -0.05) is 0 Å². The third-order valence-corrected chi connectivity index (χ3v) is 3.46. The number of amides is 1. The first-order valence-corrected chi connectivity index (χ1v) is 6.87. The van der Waals surface area contributed by atoms with Gasteiger partial charge in [-0.25, -0.2) is 0 Å². The fourth-order valence-electron chi connectivity index (χ4n) is 2.46. The number of rotatable bonds is 5. The van der Waals surface area contributed by atoms with Crippen molar-refractivity contribution >= 4 is 5.91 Å². The van der Waals surface area contributed by atoms with Crippen LogP contribution in [-0.2, 0) is 9.53 Å². The van der Waals surface area contributed by atoms with Gasteiger partial charge in [-0.05, 0) is 18.9 Å². The van der Waals surface area contributed by atoms with Gasteiger partial charge in [-0.3, -0.25) is 9.89 Å². The van der Waals surface area contributed by atoms with Crippen molar-refractivity contribution in [2.45, 2.75) is 31.4 Å². The lowest BCUT2D eigenvalue weighted by atomic mass is 9.95. The molecule has 1 amide bonds. The first-order valence-electron chi connectivity index (χ1n) is 6.87. The Morgan fingerprint density at radius 2 is 2.33 bits per heavy atom. The van der Waals surface area contributed by atoms with Crippen molar-refractivity contribution in [3.8, 4) is 0 Å². The maximum atomic E-state index is 12.0. The molecule has 0 spiro atoms. The smallest absolute Gasteiger partial charge is 0.372 e. The third kappa shape index (κ3) is 5.04. The fraction of sp³-hybridized carbons (Fsp3) is 0.692. The Morgan fingerprint density at radius 1 is 1.52 bits per heavy atom. The Morgan fingerprint density at radius 3 is 3.00 bits per heavy atom. The fourth-order valence-corrected chi connectivity index (χ4v) is 2.46. The van der Waals surface area contributed by atoms with Crippen LogP contribution in [0.25, 0.3) is 0 Å². The van der Waals surface area contributed by atoms with Crippen LogP contribution < -0.4 is 0 Å². The molecule has 1 aliphatic rings. The number of hydrogen-bond acceptors (Lipinski definition) is 3. The number of carbonyl (C=O) groups excluding carboxylic acids is 1. The number of halogens is 3. The molecule has 0 radical (unpaired) electrons. The average Bonchev–Trinajstić information content (AvgIpc) is 2.96. The molecule has 0 unspecified atom stereocenters. The van der Waals surface area contributed by atoms with Gasteiger partial charge in [0.2, 0.25) is 5.91 Å². The summed E-state index contributed by atoms with van der Waals surface area (Å²) >= 11 is 0. The first kappa shape index (κ1) is 15.8. The Kier molecular flexibility index (Phi) is 5.22. The van der Waals surface area contributed by atoms with Gasteiger partial charge in [0.15, 0.2) is 0 Å². The third-order valence-electron chi connectivity index (χ3n) is 3.46. The van der Waals surface area contributed by atoms with Crippen molar-refractivity contribution in [1.82, 2.24) is 15.1 Å². The predicted molar refractivity (Wildman–Crippen MR) is 68.6 cm³/mol. The van der Waals surface area contributed by atoms with Crippen molar-refractivity contribution < 1.29 is 22.7 Å². The van der Waals surface area contributed by atoms with Gasteiger partial charge in [-0.2, -0.15) is 18.3 Å². The molecule has 1 aromatic heterocycles. The molecule has 1 atom stereocenters. The topological polar surface area (TPSA) is 58.2 Å². The summed E-state index contributed by atoms with van der Waals surface area (Å²) in [4.78, 5) is 13.7. The number of alkyl halides is 3. The molecule has 21 heavy (non-hydrogen) atoms. The van der Waals surface area contributed by atoms with E-state index < -0.39 is 12.8 Å². The summed E-state index contributed by atoms with van der Waals surface area (Å²) < 4.78 is 40.2. The highest BCUT2D eigenvalue weighted by molar-refractivity contribution is 5.76. The average molecular weight is 305 g/mol. The lowest BCUT2D eigenvalue weighted by molar-refractivity contribution is -0.175. The minimum Gasteiger partial charge on any atom is -0.372 e. The Balaban J connectivity index is 1.74. The van der Waals surface area contributed by atoms with Crippen molar-refractivity contribution in [1.29, 1.82) is 0 Å². The summed E-state index contributed by atoms with van der Waals surface area (Å²) in [5.74, 6) is 0.0442. The maximum absolute atomic E-state index is 12.0. The van der Waals surface area contributed by atoms with Gasteiger partial charge in [0.25, 0.3) is 0 Å². The van der Waals surface area contributed by atoms with Crippen LogP contribution in [-0.4, -0.2) is 53.5 Å². The Hall–Kier alpha value is -1.57. The van der Waals surface area contributed by atoms with Crippen LogP contribution in [0.1, 0.15) is 30.9 Å². The predicted octanol–water partition coefficient (Wildman–Crippen LogP) is 2.08. The second kappa shape index (κ2) is 6.93. The SMILES string of the molecule is O=C(CCOCC(F)(F)F)N1CCC[C@H](c2ccn[nH]2)C1. The van der Waals surface area contributed by atoms with Crippen LogP contribution in [0.3, 0.4) is 0 Å². The van der Waals surface area contributed by atoms with Crippen molar-refractivity contribution in [2.75, 3.05) is 26.3 Å². The molecule has 0 aliphatic carbocycles. The molecule has 1 saturated heterocycles. The van der Waals surface area contributed by atoms with Gasteiger partial charge in [0.05, 0.1) is 13.0 Å². The Labute approximate surface area is 120 Å². The van der Waals surface area contributed by atoms with Crippen LogP contribution in [0.4, 0.5) is 13.2 Å². The number of nitrogens with one attached hydrogen (secondary N) is 1. The van der Waals surface area contributed by atoms with E-state index in [1.807, 2.05) is 6.07 Å². The number of piperidine rings is 1. The summed E-state index contributed by atoms with van der Waals surface area (Å²) in [5, 5.41) is 6.79. The monoisotopic (exact) mass is 305 g/mol. The van der Waals surface area contributed by atoms with Crippen LogP contribution in [0.5, 0.6) is 0 Å². The summed E-state index contributed by atoms with van der Waals surface area (Å²) in [6.45, 7) is -0.302. The number of H-pyrrole nitrogens is 1. The van der Waals surface area contributed by atoms with Gasteiger partial charge in [0.1, 0.15) is 6.61 Å². The van der Waals surface area contributed by atoms with Crippen LogP contribution in [0.15, 0.2) is 12.3 Å². The van der Waals surface area contributed by atoms with E-state index in [0.29, 0.717) is 13.1 Å². The number of aromatic nitrogens is 2. The molecule has 118 valence electrons. The van der Waals surface area contributed by atoms with Crippen LogP contribution >= 0.6 is 0 Å². The van der Waals surface area contributed by atoms with E-state index in [2.05, 4.69) is 14.9 Å². The maximum Gasteiger partial charge on any atom is 0.411 e. The van der Waals surface area contributed by atoms with Gasteiger partial charge in [-0.15, -0.1) is 0 Å². The number of ether oxygens (including phenoxy) is 1. The molecule has 1 fully saturated rings. The normalized spacial score (nSPS) is 19.8. The highest BCUT2D eigenvalue weighted by atomic mass is 19.4. The van der Waals surface area contributed by atoms with E-state index in [9.17, 15) is 18.0 Å². The lowest BCUT2D eigenvalue weighted by Gasteiger charge is -2.32. The molecule has 5 nitrogen and oxygen atoms in total. The summed E-state index contributed by atoms with van der Waals surface area (Å²) in [6, 6.07) is 1.88. The minimum atomic E-state index is -4.35. The minimum absolute atomic E-state index is 0.0220. The van der Waals surface area contributed by atoms with E-state index in [4.69, 9.17) is 0 Å². The zero-order valence-electron chi connectivity index (χ0n) is 11.5. The van der Waals surface area contributed by atoms with Crippen molar-refractivity contribution in [2.24, 2.45) is 0 Å². The van der Waals surface area contributed by atoms with E-state index in [-0.39, 0.29) is 24.9 Å². The largest absolute Gasteiger partial charge is 0.411 e. The van der Waals surface area contributed by atoms with E-state index in [1.165, 1.54) is 0 Å². The molecule has 0 bridgehead atoms. The molecule has 8 heteroatoms. The van der Waals surface area contributed by atoms with Gasteiger partial charge in [0, 0.05) is 30.9 Å². The second-order valence-corrected chi connectivity index (χ2v) is 5.11. The molecule has 0 aromatic carbocycles. The number of likely N-dealkylation sites (tertiary alicyclic amines) is 1. The van der Waals surface area contributed by atoms with Gasteiger partial charge >= 0.3 is 6.18 Å². The quantitative estimate of drug-likeness (QED) is 0.847. The van der Waals surface area contributed by atoms with Crippen molar-refractivity contribution in [3.05, 3.63) is 18.0 Å². The lowest BCUT2D eigenvalue weighted by Crippen LogP contribution is -2.39. The zero-order valence-corrected chi connectivity index (χ0v) is 11.5. The molecule has 2 rings (SSSR count). The Bertz CT molecular complexity index is 448. The second-order valence-electron chi connectivity index (χ2n) is 5.11. The molecular formula is C13H18F3N3O2. The van der Waals surface area contributed by atoms with Gasteiger partial charge < -0.3 is 9.64 Å². The highest BCUT2D eigenvalue weighted by Crippen LogP contribution is 2.25. The number of carbonyl (C=O) groups is 1. The summed E-state index contributed by atoms with van der Waals surface area (Å²) in [6.07, 6.45) is -0.859. The first-order chi connectivity index (χ1) is 9.96. The van der Waals surface area contributed by atoms with E-state index in [1.54, 1.807) is 11.1 Å². The molecular weight excluding hydrogens is 287 g/mol. The van der Waals surface area contributed by atoms with E-state index >= 15 is 0 Å². The zero-order chi connectivity index (χ0) is 15.3. The number of aromatic amines is 1. The molecule has 1 N–H and O–H groups in total. The molecule has 2 heterocycles. The molecule has 1 aliphatic heterocycles. The number of nitrogens with zero attached hydrogens (tertiary/aromatic N) is 2. The summed E-state index contributed by atoms with van der Waals surface area (Å²) in [7, 11) is 0. The number of hydrogen-bond donors (Lipinski definition) is 1.